The number of carbonyl (C=O) groups excluding carboxylic acids is 1. The minimum absolute atomic E-state index is 0.0841. The summed E-state index contributed by atoms with van der Waals surface area (Å²) >= 11 is 3.11. The Hall–Kier alpha value is -3.62. The van der Waals surface area contributed by atoms with Crippen molar-refractivity contribution in [2.45, 2.75) is 31.5 Å². The Balaban J connectivity index is 1.17. The van der Waals surface area contributed by atoms with Crippen LogP contribution in [0.15, 0.2) is 78.1 Å². The van der Waals surface area contributed by atoms with Crippen LogP contribution in [-0.4, -0.2) is 38.8 Å². The van der Waals surface area contributed by atoms with Gasteiger partial charge in [-0.1, -0.05) is 54.2 Å². The van der Waals surface area contributed by atoms with Crippen molar-refractivity contribution >= 4 is 39.1 Å². The second-order valence-electron chi connectivity index (χ2n) is 8.98. The second-order valence-corrected chi connectivity index (χ2v) is 11.0. The third kappa shape index (κ3) is 4.74. The summed E-state index contributed by atoms with van der Waals surface area (Å²) in [5, 5.41) is 1.82. The number of ketones is 1. The lowest BCUT2D eigenvalue weighted by atomic mass is 10.2. The fourth-order valence-corrected chi connectivity index (χ4v) is 6.55. The number of para-hydroxylation sites is 2. The molecule has 1 aliphatic rings. The molecule has 0 spiro atoms. The Morgan fingerprint density at radius 1 is 1.05 bits per heavy atom. The first-order valence-corrected chi connectivity index (χ1v) is 13.9. The van der Waals surface area contributed by atoms with E-state index in [2.05, 4.69) is 32.7 Å². The van der Waals surface area contributed by atoms with E-state index in [-0.39, 0.29) is 11.9 Å². The van der Waals surface area contributed by atoms with Crippen molar-refractivity contribution in [3.8, 4) is 21.9 Å². The van der Waals surface area contributed by atoms with Crippen LogP contribution < -0.4 is 9.47 Å². The summed E-state index contributed by atoms with van der Waals surface area (Å²) in [7, 11) is 0. The number of hydrogen-bond donors (Lipinski definition) is 0. The van der Waals surface area contributed by atoms with E-state index >= 15 is 0 Å². The molecule has 37 heavy (non-hydrogen) atoms. The molecule has 186 valence electrons. The van der Waals surface area contributed by atoms with Gasteiger partial charge in [0.05, 0.1) is 12.3 Å². The standard InChI is InChI=1S/C29H25N3O3S2/c1-18-12-22(19(2)32(18)14-21-15-34-25-10-6-7-11-26(25)35-21)24(33)16-36-28-23-13-27(20-8-4-3-5-9-20)37-29(23)31-17-30-28/h3-13,17,21H,14-16H2,1-2H3/t21-/m0/s1. The molecule has 0 aliphatic carbocycles. The van der Waals surface area contributed by atoms with Crippen molar-refractivity contribution < 1.29 is 14.3 Å². The summed E-state index contributed by atoms with van der Waals surface area (Å²) in [5.41, 5.74) is 3.87. The Morgan fingerprint density at radius 3 is 2.68 bits per heavy atom. The van der Waals surface area contributed by atoms with Gasteiger partial charge in [-0.05, 0) is 43.7 Å². The van der Waals surface area contributed by atoms with Crippen LogP contribution in [-0.2, 0) is 6.54 Å². The molecule has 6 nitrogen and oxygen atoms in total. The van der Waals surface area contributed by atoms with E-state index in [4.69, 9.17) is 9.47 Å². The van der Waals surface area contributed by atoms with Crippen LogP contribution in [0, 0.1) is 13.8 Å². The molecule has 3 aromatic heterocycles. The summed E-state index contributed by atoms with van der Waals surface area (Å²) in [6.45, 7) is 5.12. The lowest BCUT2D eigenvalue weighted by Crippen LogP contribution is -2.33. The van der Waals surface area contributed by atoms with E-state index < -0.39 is 0 Å². The van der Waals surface area contributed by atoms with Crippen LogP contribution in [0.4, 0.5) is 0 Å². The molecule has 0 bridgehead atoms. The van der Waals surface area contributed by atoms with Crippen LogP contribution in [0.1, 0.15) is 21.7 Å². The molecular weight excluding hydrogens is 502 g/mol. The van der Waals surface area contributed by atoms with Gasteiger partial charge in [0, 0.05) is 27.2 Å². The first-order valence-electron chi connectivity index (χ1n) is 12.1. The van der Waals surface area contributed by atoms with Crippen molar-refractivity contribution in [1.29, 1.82) is 0 Å². The largest absolute Gasteiger partial charge is 0.486 e. The number of Topliss-reactive ketones (excluding diaryl/α,β-unsaturated/α-hetero) is 1. The molecular formula is C29H25N3O3S2. The maximum Gasteiger partial charge on any atom is 0.174 e. The summed E-state index contributed by atoms with van der Waals surface area (Å²) < 4.78 is 14.2. The predicted octanol–water partition coefficient (Wildman–Crippen LogP) is 6.59. The van der Waals surface area contributed by atoms with Gasteiger partial charge in [0.25, 0.3) is 0 Å². The van der Waals surface area contributed by atoms with Crippen LogP contribution in [0.25, 0.3) is 20.7 Å². The average molecular weight is 528 g/mol. The molecule has 0 saturated carbocycles. The van der Waals surface area contributed by atoms with Gasteiger partial charge in [-0.3, -0.25) is 4.79 Å². The van der Waals surface area contributed by atoms with Gasteiger partial charge < -0.3 is 14.0 Å². The number of rotatable bonds is 7. The van der Waals surface area contributed by atoms with E-state index in [0.29, 0.717) is 18.9 Å². The molecule has 0 saturated heterocycles. The molecule has 6 rings (SSSR count). The molecule has 0 unspecified atom stereocenters. The maximum absolute atomic E-state index is 13.3. The molecule has 1 atom stereocenters. The van der Waals surface area contributed by atoms with Crippen molar-refractivity contribution in [2.24, 2.45) is 0 Å². The van der Waals surface area contributed by atoms with E-state index in [0.717, 1.165) is 54.1 Å². The number of ether oxygens (including phenoxy) is 2. The van der Waals surface area contributed by atoms with Crippen molar-refractivity contribution in [3.63, 3.8) is 0 Å². The quantitative estimate of drug-likeness (QED) is 0.135. The number of aryl methyl sites for hydroxylation is 1. The molecule has 0 N–H and O–H groups in total. The fraction of sp³-hybridized carbons (Fsp3) is 0.207. The molecule has 8 heteroatoms. The van der Waals surface area contributed by atoms with Crippen LogP contribution in [0.5, 0.6) is 11.5 Å². The van der Waals surface area contributed by atoms with Gasteiger partial charge in [0.15, 0.2) is 23.4 Å². The fourth-order valence-electron chi connectivity index (χ4n) is 4.63. The normalized spacial score (nSPS) is 14.7. The van der Waals surface area contributed by atoms with E-state index in [1.165, 1.54) is 11.8 Å². The average Bonchev–Trinajstić information content (AvgIpc) is 3.49. The minimum atomic E-state index is -0.122. The highest BCUT2D eigenvalue weighted by atomic mass is 32.2. The van der Waals surface area contributed by atoms with Gasteiger partial charge >= 0.3 is 0 Å². The highest BCUT2D eigenvalue weighted by Gasteiger charge is 2.24. The lowest BCUT2D eigenvalue weighted by molar-refractivity contribution is 0.0777. The Bertz CT molecular complexity index is 1590. The summed E-state index contributed by atoms with van der Waals surface area (Å²) in [6.07, 6.45) is 1.46. The van der Waals surface area contributed by atoms with Crippen LogP contribution in [0.2, 0.25) is 0 Å². The number of hydrogen-bond acceptors (Lipinski definition) is 7. The second kappa shape index (κ2) is 10.0. The van der Waals surface area contributed by atoms with Crippen molar-refractivity contribution in [2.75, 3.05) is 12.4 Å². The molecule has 0 fully saturated rings. The van der Waals surface area contributed by atoms with Crippen LogP contribution >= 0.6 is 23.1 Å². The van der Waals surface area contributed by atoms with Gasteiger partial charge in [-0.25, -0.2) is 9.97 Å². The van der Waals surface area contributed by atoms with Crippen LogP contribution in [0.3, 0.4) is 0 Å². The maximum atomic E-state index is 13.3. The highest BCUT2D eigenvalue weighted by molar-refractivity contribution is 8.00. The van der Waals surface area contributed by atoms with Gasteiger partial charge in [0.1, 0.15) is 22.8 Å². The summed E-state index contributed by atoms with van der Waals surface area (Å²) in [4.78, 5) is 24.3. The number of thioether (sulfide) groups is 1. The Labute approximate surface area is 223 Å². The van der Waals surface area contributed by atoms with Crippen molar-refractivity contribution in [3.05, 3.63) is 90.0 Å². The topological polar surface area (TPSA) is 66.2 Å². The zero-order chi connectivity index (χ0) is 25.4. The molecule has 5 aromatic rings. The van der Waals surface area contributed by atoms with Crippen molar-refractivity contribution in [1.82, 2.24) is 14.5 Å². The number of thiophene rings is 1. The number of carbonyl (C=O) groups is 1. The number of fused-ring (bicyclic) bond motifs is 2. The monoisotopic (exact) mass is 527 g/mol. The third-order valence-corrected chi connectivity index (χ3v) is 8.62. The molecule has 0 amide bonds. The van der Waals surface area contributed by atoms with Gasteiger partial charge in [-0.15, -0.1) is 11.3 Å². The lowest BCUT2D eigenvalue weighted by Gasteiger charge is -2.27. The smallest absolute Gasteiger partial charge is 0.174 e. The van der Waals surface area contributed by atoms with E-state index in [1.807, 2.05) is 62.4 Å². The highest BCUT2D eigenvalue weighted by Crippen LogP contribution is 2.36. The molecule has 4 heterocycles. The number of aromatic nitrogens is 3. The third-order valence-electron chi connectivity index (χ3n) is 6.52. The van der Waals surface area contributed by atoms with Gasteiger partial charge in [0.2, 0.25) is 0 Å². The zero-order valence-electron chi connectivity index (χ0n) is 20.5. The molecule has 1 aliphatic heterocycles. The first-order chi connectivity index (χ1) is 18.1. The summed E-state index contributed by atoms with van der Waals surface area (Å²) in [6, 6.07) is 22.1. The zero-order valence-corrected chi connectivity index (χ0v) is 22.1. The molecule has 2 aromatic carbocycles. The minimum Gasteiger partial charge on any atom is -0.486 e. The SMILES string of the molecule is Cc1cc(C(=O)CSc2ncnc3sc(-c4ccccc4)cc23)c(C)n1C[C@H]1COc2ccccc2O1. The number of nitrogens with zero attached hydrogens (tertiary/aromatic N) is 3. The van der Waals surface area contributed by atoms with Gasteiger partial charge in [-0.2, -0.15) is 0 Å². The Morgan fingerprint density at radius 2 is 1.84 bits per heavy atom. The first kappa shape index (κ1) is 23.8. The van der Waals surface area contributed by atoms with E-state index in [9.17, 15) is 4.79 Å². The van der Waals surface area contributed by atoms with E-state index in [1.54, 1.807) is 17.7 Å². The summed E-state index contributed by atoms with van der Waals surface area (Å²) in [5.74, 6) is 1.92. The Kier molecular flexibility index (Phi) is 6.44. The predicted molar refractivity (Wildman–Crippen MR) is 148 cm³/mol. The molecule has 0 radical (unpaired) electrons. The number of benzene rings is 2.